The summed E-state index contributed by atoms with van der Waals surface area (Å²) in [7, 11) is 0. The molecule has 1 saturated carbocycles. The maximum Gasteiger partial charge on any atom is 0.0960 e. The standard InChI is InChI=1S/C15H21N3/c1-2-9-16-12-7-8-13(10-12)18-11-17-14-5-3-4-6-15(14)18/h3-6,11-13,16H,2,7-10H2,1H3. The fourth-order valence-corrected chi connectivity index (χ4v) is 3.01. The average molecular weight is 243 g/mol. The lowest BCUT2D eigenvalue weighted by Crippen LogP contribution is -2.27. The lowest BCUT2D eigenvalue weighted by molar-refractivity contribution is 0.480. The molecule has 0 saturated heterocycles. The molecule has 0 spiro atoms. The molecule has 1 heterocycles. The molecule has 0 radical (unpaired) electrons. The number of imidazole rings is 1. The zero-order valence-corrected chi connectivity index (χ0v) is 11.0. The maximum absolute atomic E-state index is 4.49. The SMILES string of the molecule is CCCNC1CCC(n2cnc3ccccc32)C1. The van der Waals surface area contributed by atoms with Gasteiger partial charge in [-0.15, -0.1) is 0 Å². The van der Waals surface area contributed by atoms with Crippen molar-refractivity contribution in [2.24, 2.45) is 0 Å². The summed E-state index contributed by atoms with van der Waals surface area (Å²) < 4.78 is 2.36. The fourth-order valence-electron chi connectivity index (χ4n) is 3.01. The van der Waals surface area contributed by atoms with E-state index in [0.29, 0.717) is 12.1 Å². The number of hydrogen-bond acceptors (Lipinski definition) is 2. The van der Waals surface area contributed by atoms with E-state index in [-0.39, 0.29) is 0 Å². The Morgan fingerprint density at radius 3 is 3.11 bits per heavy atom. The van der Waals surface area contributed by atoms with E-state index in [2.05, 4.69) is 46.1 Å². The highest BCUT2D eigenvalue weighted by Gasteiger charge is 2.26. The minimum Gasteiger partial charge on any atom is -0.327 e. The van der Waals surface area contributed by atoms with Crippen molar-refractivity contribution >= 4 is 11.0 Å². The van der Waals surface area contributed by atoms with Crippen LogP contribution in [-0.2, 0) is 0 Å². The summed E-state index contributed by atoms with van der Waals surface area (Å²) in [5.41, 5.74) is 2.39. The van der Waals surface area contributed by atoms with Gasteiger partial charge in [-0.3, -0.25) is 0 Å². The van der Waals surface area contributed by atoms with Gasteiger partial charge < -0.3 is 9.88 Å². The van der Waals surface area contributed by atoms with Gasteiger partial charge in [0.2, 0.25) is 0 Å². The molecule has 2 aromatic rings. The summed E-state index contributed by atoms with van der Waals surface area (Å²) >= 11 is 0. The lowest BCUT2D eigenvalue weighted by Gasteiger charge is -2.14. The molecule has 1 aromatic heterocycles. The van der Waals surface area contributed by atoms with Crippen LogP contribution in [0.5, 0.6) is 0 Å². The third-order valence-electron chi connectivity index (χ3n) is 3.96. The molecule has 0 aliphatic heterocycles. The van der Waals surface area contributed by atoms with Crippen molar-refractivity contribution in [3.8, 4) is 0 Å². The molecule has 3 heteroatoms. The number of fused-ring (bicyclic) bond motifs is 1. The first kappa shape index (κ1) is 11.7. The van der Waals surface area contributed by atoms with Gasteiger partial charge in [0.15, 0.2) is 0 Å². The van der Waals surface area contributed by atoms with Gasteiger partial charge in [-0.1, -0.05) is 19.1 Å². The monoisotopic (exact) mass is 243 g/mol. The van der Waals surface area contributed by atoms with Crippen LogP contribution in [0.25, 0.3) is 11.0 Å². The fraction of sp³-hybridized carbons (Fsp3) is 0.533. The smallest absolute Gasteiger partial charge is 0.0960 e. The van der Waals surface area contributed by atoms with Crippen molar-refractivity contribution in [2.45, 2.75) is 44.7 Å². The predicted molar refractivity (Wildman–Crippen MR) is 74.7 cm³/mol. The highest BCUT2D eigenvalue weighted by Crippen LogP contribution is 2.32. The van der Waals surface area contributed by atoms with Crippen molar-refractivity contribution in [1.29, 1.82) is 0 Å². The Morgan fingerprint density at radius 2 is 2.22 bits per heavy atom. The van der Waals surface area contributed by atoms with Gasteiger partial charge in [0, 0.05) is 12.1 Å². The number of nitrogens with zero attached hydrogens (tertiary/aromatic N) is 2. The second-order valence-electron chi connectivity index (χ2n) is 5.26. The first-order valence-electron chi connectivity index (χ1n) is 7.03. The second kappa shape index (κ2) is 5.11. The molecule has 0 amide bonds. The first-order chi connectivity index (χ1) is 8.88. The van der Waals surface area contributed by atoms with Gasteiger partial charge in [0.05, 0.1) is 17.4 Å². The molecule has 1 fully saturated rings. The van der Waals surface area contributed by atoms with E-state index in [1.165, 1.54) is 31.2 Å². The average Bonchev–Trinajstić information content (AvgIpc) is 3.02. The molecule has 1 N–H and O–H groups in total. The molecule has 1 aromatic carbocycles. The molecular weight excluding hydrogens is 222 g/mol. The molecule has 1 aliphatic rings. The molecule has 2 unspecified atom stereocenters. The minimum atomic E-state index is 0.617. The highest BCUT2D eigenvalue weighted by molar-refractivity contribution is 5.75. The van der Waals surface area contributed by atoms with Crippen LogP contribution in [0.1, 0.15) is 38.6 Å². The quantitative estimate of drug-likeness (QED) is 0.894. The zero-order valence-electron chi connectivity index (χ0n) is 11.0. The van der Waals surface area contributed by atoms with Crippen LogP contribution < -0.4 is 5.32 Å². The number of nitrogens with one attached hydrogen (secondary N) is 1. The Hall–Kier alpha value is -1.35. The van der Waals surface area contributed by atoms with Crippen molar-refractivity contribution in [2.75, 3.05) is 6.54 Å². The van der Waals surface area contributed by atoms with E-state index < -0.39 is 0 Å². The zero-order chi connectivity index (χ0) is 12.4. The minimum absolute atomic E-state index is 0.617. The topological polar surface area (TPSA) is 29.9 Å². The van der Waals surface area contributed by atoms with E-state index >= 15 is 0 Å². The Kier molecular flexibility index (Phi) is 3.33. The van der Waals surface area contributed by atoms with Gasteiger partial charge in [0.1, 0.15) is 0 Å². The summed E-state index contributed by atoms with van der Waals surface area (Å²) in [4.78, 5) is 4.49. The van der Waals surface area contributed by atoms with E-state index in [4.69, 9.17) is 0 Å². The largest absolute Gasteiger partial charge is 0.327 e. The molecule has 3 nitrogen and oxygen atoms in total. The number of benzene rings is 1. The molecular formula is C15H21N3. The van der Waals surface area contributed by atoms with Crippen LogP contribution in [0, 0.1) is 0 Å². The summed E-state index contributed by atoms with van der Waals surface area (Å²) in [5, 5.41) is 3.64. The van der Waals surface area contributed by atoms with Crippen LogP contribution in [0.4, 0.5) is 0 Å². The predicted octanol–water partition coefficient (Wildman–Crippen LogP) is 3.13. The molecule has 3 rings (SSSR count). The Morgan fingerprint density at radius 1 is 1.33 bits per heavy atom. The molecule has 18 heavy (non-hydrogen) atoms. The van der Waals surface area contributed by atoms with Crippen LogP contribution in [0.15, 0.2) is 30.6 Å². The Bertz CT molecular complexity index is 517. The first-order valence-corrected chi connectivity index (χ1v) is 7.03. The summed E-state index contributed by atoms with van der Waals surface area (Å²) in [5.74, 6) is 0. The van der Waals surface area contributed by atoms with Crippen molar-refractivity contribution < 1.29 is 0 Å². The maximum atomic E-state index is 4.49. The third-order valence-corrected chi connectivity index (χ3v) is 3.96. The van der Waals surface area contributed by atoms with Gasteiger partial charge in [-0.2, -0.15) is 0 Å². The van der Waals surface area contributed by atoms with Crippen LogP contribution in [0.2, 0.25) is 0 Å². The normalized spacial score (nSPS) is 23.8. The van der Waals surface area contributed by atoms with E-state index in [9.17, 15) is 0 Å². The Labute approximate surface area is 108 Å². The van der Waals surface area contributed by atoms with Crippen LogP contribution >= 0.6 is 0 Å². The van der Waals surface area contributed by atoms with Crippen molar-refractivity contribution in [3.05, 3.63) is 30.6 Å². The van der Waals surface area contributed by atoms with Gasteiger partial charge in [-0.05, 0) is 44.4 Å². The summed E-state index contributed by atoms with van der Waals surface area (Å²) in [6, 6.07) is 9.73. The van der Waals surface area contributed by atoms with Gasteiger partial charge in [0.25, 0.3) is 0 Å². The van der Waals surface area contributed by atoms with Crippen LogP contribution in [-0.4, -0.2) is 22.1 Å². The highest BCUT2D eigenvalue weighted by atomic mass is 15.1. The van der Waals surface area contributed by atoms with E-state index in [1.807, 2.05) is 6.33 Å². The molecule has 0 bridgehead atoms. The summed E-state index contributed by atoms with van der Waals surface area (Å²) in [6.45, 7) is 3.37. The molecule has 1 aliphatic carbocycles. The number of para-hydroxylation sites is 2. The summed E-state index contributed by atoms with van der Waals surface area (Å²) in [6.07, 6.45) is 7.02. The van der Waals surface area contributed by atoms with Crippen molar-refractivity contribution in [3.63, 3.8) is 0 Å². The van der Waals surface area contributed by atoms with E-state index in [0.717, 1.165) is 12.1 Å². The van der Waals surface area contributed by atoms with Gasteiger partial charge in [-0.25, -0.2) is 4.98 Å². The van der Waals surface area contributed by atoms with Crippen molar-refractivity contribution in [1.82, 2.24) is 14.9 Å². The van der Waals surface area contributed by atoms with Gasteiger partial charge >= 0.3 is 0 Å². The molecule has 2 atom stereocenters. The number of hydrogen-bond donors (Lipinski definition) is 1. The Balaban J connectivity index is 1.76. The third kappa shape index (κ3) is 2.15. The lowest BCUT2D eigenvalue weighted by atomic mass is 10.2. The molecule has 96 valence electrons. The second-order valence-corrected chi connectivity index (χ2v) is 5.26. The number of aromatic nitrogens is 2. The van der Waals surface area contributed by atoms with Crippen LogP contribution in [0.3, 0.4) is 0 Å². The van der Waals surface area contributed by atoms with E-state index in [1.54, 1.807) is 0 Å². The number of rotatable bonds is 4.